The number of aromatic nitrogens is 2. The largest absolute Gasteiger partial charge is 0.489 e. The molecule has 1 aliphatic heterocycles. The highest BCUT2D eigenvalue weighted by Gasteiger charge is 2.29. The van der Waals surface area contributed by atoms with Crippen molar-refractivity contribution < 1.29 is 9.53 Å². The second-order valence-corrected chi connectivity index (χ2v) is 13.2. The van der Waals surface area contributed by atoms with Gasteiger partial charge < -0.3 is 15.0 Å². The number of aromatic amines is 1. The monoisotopic (exact) mass is 345 g/mol. The van der Waals surface area contributed by atoms with Crippen molar-refractivity contribution >= 4 is 24.9 Å². The smallest absolute Gasteiger partial charge is 0.267 e. The molecule has 2 N–H and O–H groups in total. The van der Waals surface area contributed by atoms with Crippen LogP contribution in [-0.2, 0) is 0 Å². The molecule has 0 saturated carbocycles. The number of hydrogen-bond donors (Lipinski definition) is 2. The summed E-state index contributed by atoms with van der Waals surface area (Å²) in [6.07, 6.45) is 5.71. The van der Waals surface area contributed by atoms with Crippen molar-refractivity contribution in [3.8, 4) is 5.75 Å². The summed E-state index contributed by atoms with van der Waals surface area (Å²) in [5.74, 6) is 0.677. The predicted octanol–water partition coefficient (Wildman–Crippen LogP) is 3.95. The highest BCUT2D eigenvalue weighted by atomic mass is 28.3. The zero-order chi connectivity index (χ0) is 17.3. The number of pyridine rings is 1. The van der Waals surface area contributed by atoms with Crippen LogP contribution in [-0.4, -0.2) is 36.1 Å². The topological polar surface area (TPSA) is 67.0 Å². The molecule has 1 amide bonds. The molecule has 0 atom stereocenters. The Morgan fingerprint density at radius 1 is 1.33 bits per heavy atom. The van der Waals surface area contributed by atoms with Crippen LogP contribution >= 0.6 is 0 Å². The van der Waals surface area contributed by atoms with Gasteiger partial charge in [0.1, 0.15) is 11.4 Å². The SMILES string of the molecule is CC(C)Oc1cncc2[nH]c(C(=O)NC3CC[Si](C)(C)CC3)cc12. The van der Waals surface area contributed by atoms with Crippen LogP contribution in [0.2, 0.25) is 25.2 Å². The van der Waals surface area contributed by atoms with Gasteiger partial charge in [-0.15, -0.1) is 0 Å². The van der Waals surface area contributed by atoms with Crippen LogP contribution in [0.4, 0.5) is 0 Å². The summed E-state index contributed by atoms with van der Waals surface area (Å²) in [6.45, 7) is 8.83. The van der Waals surface area contributed by atoms with E-state index in [1.54, 1.807) is 12.4 Å². The molecule has 0 spiro atoms. The van der Waals surface area contributed by atoms with E-state index < -0.39 is 8.07 Å². The molecular weight excluding hydrogens is 318 g/mol. The van der Waals surface area contributed by atoms with Crippen molar-refractivity contribution in [3.05, 3.63) is 24.2 Å². The van der Waals surface area contributed by atoms with Gasteiger partial charge >= 0.3 is 0 Å². The van der Waals surface area contributed by atoms with Crippen LogP contribution < -0.4 is 10.1 Å². The second-order valence-electron chi connectivity index (χ2n) is 7.86. The Hall–Kier alpha value is -1.82. The van der Waals surface area contributed by atoms with Crippen LogP contribution in [0.3, 0.4) is 0 Å². The quantitative estimate of drug-likeness (QED) is 0.825. The molecule has 0 unspecified atom stereocenters. The van der Waals surface area contributed by atoms with E-state index in [4.69, 9.17) is 4.74 Å². The maximum atomic E-state index is 12.6. The summed E-state index contributed by atoms with van der Waals surface area (Å²) in [4.78, 5) is 19.9. The zero-order valence-corrected chi connectivity index (χ0v) is 16.0. The third-order valence-corrected chi connectivity index (χ3v) is 8.08. The first-order chi connectivity index (χ1) is 11.3. The molecule has 3 heterocycles. The number of hydrogen-bond acceptors (Lipinski definition) is 3. The molecule has 6 heteroatoms. The third-order valence-electron chi connectivity index (χ3n) is 4.79. The molecule has 1 fully saturated rings. The fourth-order valence-corrected chi connectivity index (χ4v) is 5.81. The lowest BCUT2D eigenvalue weighted by Gasteiger charge is -2.33. The van der Waals surface area contributed by atoms with Crippen molar-refractivity contribution in [1.82, 2.24) is 15.3 Å². The van der Waals surface area contributed by atoms with E-state index in [9.17, 15) is 4.79 Å². The number of amides is 1. The van der Waals surface area contributed by atoms with E-state index in [1.165, 1.54) is 12.1 Å². The average molecular weight is 346 g/mol. The standard InChI is InChI=1S/C18H27N3O2Si/c1-12(2)23-17-11-19-10-16-14(17)9-15(21-16)18(22)20-13-5-7-24(3,4)8-6-13/h9-13,21H,5-8H2,1-4H3,(H,20,22). The number of ether oxygens (including phenoxy) is 1. The Morgan fingerprint density at radius 3 is 2.71 bits per heavy atom. The predicted molar refractivity (Wildman–Crippen MR) is 99.4 cm³/mol. The maximum Gasteiger partial charge on any atom is 0.267 e. The highest BCUT2D eigenvalue weighted by Crippen LogP contribution is 2.29. The molecule has 2 aromatic heterocycles. The molecule has 5 nitrogen and oxygen atoms in total. The summed E-state index contributed by atoms with van der Waals surface area (Å²) in [7, 11) is -0.996. The summed E-state index contributed by atoms with van der Waals surface area (Å²) in [5, 5.41) is 4.09. The molecule has 0 aliphatic carbocycles. The first kappa shape index (κ1) is 17.0. The highest BCUT2D eigenvalue weighted by molar-refractivity contribution is 6.77. The van der Waals surface area contributed by atoms with Gasteiger partial charge in [0, 0.05) is 19.5 Å². The van der Waals surface area contributed by atoms with Crippen molar-refractivity contribution in [1.29, 1.82) is 0 Å². The normalized spacial score (nSPS) is 18.0. The number of rotatable bonds is 4. The average Bonchev–Trinajstić information content (AvgIpc) is 2.94. The van der Waals surface area contributed by atoms with Crippen molar-refractivity contribution in [3.63, 3.8) is 0 Å². The Kier molecular flexibility index (Phi) is 4.67. The number of carbonyl (C=O) groups excluding carboxylic acids is 1. The second kappa shape index (κ2) is 6.59. The van der Waals surface area contributed by atoms with Gasteiger partial charge in [0.05, 0.1) is 24.0 Å². The molecule has 24 heavy (non-hydrogen) atoms. The minimum Gasteiger partial charge on any atom is -0.489 e. The van der Waals surface area contributed by atoms with E-state index in [-0.39, 0.29) is 12.0 Å². The van der Waals surface area contributed by atoms with E-state index in [2.05, 4.69) is 28.4 Å². The van der Waals surface area contributed by atoms with Crippen molar-refractivity contribution in [2.45, 2.75) is 64.0 Å². The Morgan fingerprint density at radius 2 is 2.04 bits per heavy atom. The number of nitrogens with one attached hydrogen (secondary N) is 2. The third kappa shape index (κ3) is 3.80. The van der Waals surface area contributed by atoms with E-state index in [0.717, 1.165) is 23.7 Å². The lowest BCUT2D eigenvalue weighted by molar-refractivity contribution is 0.0929. The van der Waals surface area contributed by atoms with Gasteiger partial charge in [-0.05, 0) is 32.8 Å². The number of carbonyl (C=O) groups is 1. The van der Waals surface area contributed by atoms with Gasteiger partial charge in [-0.1, -0.05) is 25.2 Å². The number of fused-ring (bicyclic) bond motifs is 1. The first-order valence-corrected chi connectivity index (χ1v) is 12.2. The molecule has 1 saturated heterocycles. The molecule has 2 aromatic rings. The molecule has 0 radical (unpaired) electrons. The molecule has 1 aliphatic rings. The Balaban J connectivity index is 1.73. The molecule has 3 rings (SSSR count). The Labute approximate surface area is 144 Å². The summed E-state index contributed by atoms with van der Waals surface area (Å²) >= 11 is 0. The fraction of sp³-hybridized carbons (Fsp3) is 0.556. The van der Waals surface area contributed by atoms with Crippen molar-refractivity contribution in [2.24, 2.45) is 0 Å². The van der Waals surface area contributed by atoms with Crippen molar-refractivity contribution in [2.75, 3.05) is 0 Å². The minimum absolute atomic E-state index is 0.0342. The summed E-state index contributed by atoms with van der Waals surface area (Å²) in [6, 6.07) is 4.75. The molecule has 130 valence electrons. The molecular formula is C18H27N3O2Si. The van der Waals surface area contributed by atoms with Gasteiger partial charge in [0.15, 0.2) is 0 Å². The fourth-order valence-electron chi connectivity index (χ4n) is 3.30. The lowest BCUT2D eigenvalue weighted by atomic mass is 10.1. The van der Waals surface area contributed by atoms with Crippen LogP contribution in [0.15, 0.2) is 18.5 Å². The number of nitrogens with zero attached hydrogens (tertiary/aromatic N) is 1. The van der Waals surface area contributed by atoms with Crippen LogP contribution in [0.5, 0.6) is 5.75 Å². The van der Waals surface area contributed by atoms with E-state index in [0.29, 0.717) is 17.5 Å². The zero-order valence-electron chi connectivity index (χ0n) is 15.0. The van der Waals surface area contributed by atoms with Crippen LogP contribution in [0.25, 0.3) is 10.9 Å². The van der Waals surface area contributed by atoms with E-state index in [1.807, 2.05) is 19.9 Å². The number of H-pyrrole nitrogens is 1. The summed E-state index contributed by atoms with van der Waals surface area (Å²) < 4.78 is 5.78. The van der Waals surface area contributed by atoms with E-state index >= 15 is 0 Å². The van der Waals surface area contributed by atoms with Gasteiger partial charge in [0.2, 0.25) is 0 Å². The van der Waals surface area contributed by atoms with Gasteiger partial charge in [-0.3, -0.25) is 9.78 Å². The van der Waals surface area contributed by atoms with Crippen LogP contribution in [0, 0.1) is 0 Å². The molecule has 0 aromatic carbocycles. The summed E-state index contributed by atoms with van der Waals surface area (Å²) in [5.41, 5.74) is 1.41. The van der Waals surface area contributed by atoms with Gasteiger partial charge in [0.25, 0.3) is 5.91 Å². The lowest BCUT2D eigenvalue weighted by Crippen LogP contribution is -2.42. The minimum atomic E-state index is -0.996. The molecule has 0 bridgehead atoms. The van der Waals surface area contributed by atoms with Crippen LogP contribution in [0.1, 0.15) is 37.2 Å². The maximum absolute atomic E-state index is 12.6. The van der Waals surface area contributed by atoms with Gasteiger partial charge in [-0.2, -0.15) is 0 Å². The first-order valence-electron chi connectivity index (χ1n) is 8.78. The Bertz CT molecular complexity index is 729. The van der Waals surface area contributed by atoms with Gasteiger partial charge in [-0.25, -0.2) is 0 Å².